The Labute approximate surface area is 103 Å². The fourth-order valence-corrected chi connectivity index (χ4v) is 3.02. The largest absolute Gasteiger partial charge is 0.479 e. The van der Waals surface area contributed by atoms with Crippen LogP contribution in [0.5, 0.6) is 0 Å². The quantitative estimate of drug-likeness (QED) is 0.710. The molecule has 1 atom stereocenters. The van der Waals surface area contributed by atoms with E-state index < -0.39 is 22.1 Å². The van der Waals surface area contributed by atoms with Gasteiger partial charge in [0.25, 0.3) is 0 Å². The van der Waals surface area contributed by atoms with Gasteiger partial charge in [0.1, 0.15) is 4.21 Å². The molecule has 0 amide bonds. The van der Waals surface area contributed by atoms with Gasteiger partial charge in [0.15, 0.2) is 6.10 Å². The molecule has 1 aromatic heterocycles. The first-order valence-electron chi connectivity index (χ1n) is 4.81. The summed E-state index contributed by atoms with van der Waals surface area (Å²) in [5.41, 5.74) is 0. The van der Waals surface area contributed by atoms with Crippen LogP contribution in [-0.4, -0.2) is 38.7 Å². The second-order valence-electron chi connectivity index (χ2n) is 3.18. The van der Waals surface area contributed by atoms with Crippen LogP contribution in [-0.2, 0) is 19.6 Å². The first kappa shape index (κ1) is 14.1. The zero-order valence-electron chi connectivity index (χ0n) is 9.12. The van der Waals surface area contributed by atoms with Gasteiger partial charge in [-0.3, -0.25) is 0 Å². The lowest BCUT2D eigenvalue weighted by Crippen LogP contribution is -2.29. The van der Waals surface area contributed by atoms with Crippen molar-refractivity contribution < 1.29 is 23.1 Å². The Balaban J connectivity index is 2.35. The minimum atomic E-state index is -3.49. The summed E-state index contributed by atoms with van der Waals surface area (Å²) in [6, 6.07) is 3.13. The fraction of sp³-hybridized carbons (Fsp3) is 0.444. The number of sulfonamides is 1. The van der Waals surface area contributed by atoms with Crippen LogP contribution >= 0.6 is 11.3 Å². The van der Waals surface area contributed by atoms with E-state index in [0.29, 0.717) is 0 Å². The zero-order valence-corrected chi connectivity index (χ0v) is 10.8. The number of aliphatic carboxylic acids is 1. The van der Waals surface area contributed by atoms with Crippen molar-refractivity contribution in [1.82, 2.24) is 4.72 Å². The van der Waals surface area contributed by atoms with Gasteiger partial charge >= 0.3 is 5.97 Å². The highest BCUT2D eigenvalue weighted by Gasteiger charge is 2.15. The lowest BCUT2D eigenvalue weighted by Gasteiger charge is -2.08. The number of rotatable bonds is 7. The molecule has 0 radical (unpaired) electrons. The van der Waals surface area contributed by atoms with Crippen LogP contribution < -0.4 is 4.72 Å². The third-order valence-electron chi connectivity index (χ3n) is 1.87. The minimum absolute atomic E-state index is 0.0120. The average Bonchev–Trinajstić information content (AvgIpc) is 2.77. The number of nitrogens with one attached hydrogen (secondary N) is 1. The van der Waals surface area contributed by atoms with Gasteiger partial charge in [0.05, 0.1) is 6.61 Å². The van der Waals surface area contributed by atoms with E-state index in [0.717, 1.165) is 11.3 Å². The van der Waals surface area contributed by atoms with Crippen molar-refractivity contribution in [3.05, 3.63) is 17.5 Å². The predicted molar refractivity (Wildman–Crippen MR) is 62.6 cm³/mol. The van der Waals surface area contributed by atoms with Crippen LogP contribution in [0.2, 0.25) is 0 Å². The maximum atomic E-state index is 11.6. The summed E-state index contributed by atoms with van der Waals surface area (Å²) in [6.45, 7) is 1.44. The molecule has 1 unspecified atom stereocenters. The van der Waals surface area contributed by atoms with E-state index in [1.165, 1.54) is 13.0 Å². The molecule has 0 saturated carbocycles. The molecular weight excluding hydrogens is 266 g/mol. The monoisotopic (exact) mass is 279 g/mol. The molecule has 17 heavy (non-hydrogen) atoms. The van der Waals surface area contributed by atoms with Crippen molar-refractivity contribution in [3.63, 3.8) is 0 Å². The molecule has 2 N–H and O–H groups in total. The molecule has 96 valence electrons. The second-order valence-corrected chi connectivity index (χ2v) is 6.12. The highest BCUT2D eigenvalue weighted by molar-refractivity contribution is 7.91. The Morgan fingerprint density at radius 2 is 2.35 bits per heavy atom. The highest BCUT2D eigenvalue weighted by Crippen LogP contribution is 2.14. The Kier molecular flexibility index (Phi) is 5.06. The summed E-state index contributed by atoms with van der Waals surface area (Å²) in [5, 5.41) is 10.2. The Morgan fingerprint density at radius 3 is 2.88 bits per heavy atom. The van der Waals surface area contributed by atoms with Crippen molar-refractivity contribution in [1.29, 1.82) is 0 Å². The Hall–Kier alpha value is -0.960. The third-order valence-corrected chi connectivity index (χ3v) is 4.73. The van der Waals surface area contributed by atoms with Gasteiger partial charge in [-0.25, -0.2) is 17.9 Å². The number of ether oxygens (including phenoxy) is 1. The van der Waals surface area contributed by atoms with Gasteiger partial charge < -0.3 is 9.84 Å². The van der Waals surface area contributed by atoms with Crippen LogP contribution in [0.1, 0.15) is 6.92 Å². The molecular formula is C9H13NO5S2. The van der Waals surface area contributed by atoms with E-state index in [1.807, 2.05) is 0 Å². The second kappa shape index (κ2) is 6.10. The third kappa shape index (κ3) is 4.43. The van der Waals surface area contributed by atoms with Crippen molar-refractivity contribution >= 4 is 27.3 Å². The number of hydrogen-bond acceptors (Lipinski definition) is 5. The molecule has 0 saturated heterocycles. The summed E-state index contributed by atoms with van der Waals surface area (Å²) in [5.74, 6) is -1.08. The molecule has 1 aromatic rings. The Morgan fingerprint density at radius 1 is 1.65 bits per heavy atom. The molecule has 0 fully saturated rings. The molecule has 0 bridgehead atoms. The van der Waals surface area contributed by atoms with E-state index in [1.54, 1.807) is 11.4 Å². The normalized spacial score (nSPS) is 13.5. The molecule has 0 aromatic carbocycles. The van der Waals surface area contributed by atoms with Crippen molar-refractivity contribution in [2.45, 2.75) is 17.2 Å². The molecule has 1 heterocycles. The van der Waals surface area contributed by atoms with E-state index in [4.69, 9.17) is 9.84 Å². The molecule has 1 rings (SSSR count). The van der Waals surface area contributed by atoms with Gasteiger partial charge in [-0.1, -0.05) is 6.07 Å². The molecule has 0 aliphatic heterocycles. The fourth-order valence-electron chi connectivity index (χ4n) is 0.971. The van der Waals surface area contributed by atoms with Crippen LogP contribution in [0.25, 0.3) is 0 Å². The molecule has 0 spiro atoms. The van der Waals surface area contributed by atoms with Gasteiger partial charge in [0, 0.05) is 6.54 Å². The average molecular weight is 279 g/mol. The number of carbonyl (C=O) groups is 1. The lowest BCUT2D eigenvalue weighted by atomic mass is 10.4. The zero-order chi connectivity index (χ0) is 12.9. The first-order chi connectivity index (χ1) is 7.93. The summed E-state index contributed by atoms with van der Waals surface area (Å²) in [7, 11) is -3.49. The summed E-state index contributed by atoms with van der Waals surface area (Å²) in [6.07, 6.45) is -0.943. The first-order valence-corrected chi connectivity index (χ1v) is 7.17. The SMILES string of the molecule is CC(OCCNS(=O)(=O)c1cccs1)C(=O)O. The van der Waals surface area contributed by atoms with Crippen LogP contribution in [0.4, 0.5) is 0 Å². The summed E-state index contributed by atoms with van der Waals surface area (Å²) >= 11 is 1.11. The minimum Gasteiger partial charge on any atom is -0.479 e. The lowest BCUT2D eigenvalue weighted by molar-refractivity contribution is -0.148. The van der Waals surface area contributed by atoms with E-state index in [-0.39, 0.29) is 17.4 Å². The summed E-state index contributed by atoms with van der Waals surface area (Å²) in [4.78, 5) is 10.4. The highest BCUT2D eigenvalue weighted by atomic mass is 32.2. The number of thiophene rings is 1. The van der Waals surface area contributed by atoms with Crippen LogP contribution in [0.3, 0.4) is 0 Å². The smallest absolute Gasteiger partial charge is 0.332 e. The molecule has 6 nitrogen and oxygen atoms in total. The van der Waals surface area contributed by atoms with Crippen molar-refractivity contribution in [3.8, 4) is 0 Å². The summed E-state index contributed by atoms with van der Waals surface area (Å²) < 4.78 is 30.6. The number of carboxylic acid groups (broad SMARTS) is 1. The standard InChI is InChI=1S/C9H13NO5S2/c1-7(9(11)12)15-5-4-10-17(13,14)8-3-2-6-16-8/h2-3,6-7,10H,4-5H2,1H3,(H,11,12). The topological polar surface area (TPSA) is 92.7 Å². The van der Waals surface area contributed by atoms with Crippen LogP contribution in [0, 0.1) is 0 Å². The van der Waals surface area contributed by atoms with Crippen molar-refractivity contribution in [2.24, 2.45) is 0 Å². The predicted octanol–water partition coefficient (Wildman–Crippen LogP) is 0.516. The van der Waals surface area contributed by atoms with Gasteiger partial charge in [-0.15, -0.1) is 11.3 Å². The van der Waals surface area contributed by atoms with Crippen LogP contribution in [0.15, 0.2) is 21.7 Å². The maximum absolute atomic E-state index is 11.6. The Bertz CT molecular complexity index is 454. The van der Waals surface area contributed by atoms with E-state index in [9.17, 15) is 13.2 Å². The van der Waals surface area contributed by atoms with Gasteiger partial charge in [-0.05, 0) is 18.4 Å². The molecule has 0 aliphatic carbocycles. The maximum Gasteiger partial charge on any atom is 0.332 e. The number of hydrogen-bond donors (Lipinski definition) is 2. The molecule has 8 heteroatoms. The van der Waals surface area contributed by atoms with E-state index in [2.05, 4.69) is 4.72 Å². The van der Waals surface area contributed by atoms with Gasteiger partial charge in [-0.2, -0.15) is 0 Å². The number of carboxylic acids is 1. The molecule has 0 aliphatic rings. The van der Waals surface area contributed by atoms with Gasteiger partial charge in [0.2, 0.25) is 10.0 Å². The van der Waals surface area contributed by atoms with Crippen molar-refractivity contribution in [2.75, 3.05) is 13.2 Å². The van der Waals surface area contributed by atoms with E-state index >= 15 is 0 Å².